The summed E-state index contributed by atoms with van der Waals surface area (Å²) in [6.45, 7) is 2.01. The number of nitrogens with one attached hydrogen (secondary N) is 1. The first-order valence-corrected chi connectivity index (χ1v) is 10.2. The van der Waals surface area contributed by atoms with Crippen molar-refractivity contribution in [2.24, 2.45) is 5.73 Å². The number of nitrogens with zero attached hydrogens (tertiary/aromatic N) is 5. The zero-order chi connectivity index (χ0) is 19.6. The average molecular weight is 385 g/mol. The van der Waals surface area contributed by atoms with E-state index < -0.39 is 0 Å². The first-order chi connectivity index (χ1) is 14.0. The van der Waals surface area contributed by atoms with Crippen molar-refractivity contribution in [2.75, 3.05) is 0 Å². The maximum atomic E-state index is 6.59. The lowest BCUT2D eigenvalue weighted by Crippen LogP contribution is -2.33. The highest BCUT2D eigenvalue weighted by Crippen LogP contribution is 2.56. The molecule has 6 rings (SSSR count). The van der Waals surface area contributed by atoms with E-state index >= 15 is 0 Å². The SMILES string of the molecule is Cc1cccc(-c2nc(C34CCC(N)(CC3)C4)[nH]c2-c2ccc3ncnn3c2)n1. The quantitative estimate of drug-likeness (QED) is 0.563. The number of nitrogens with two attached hydrogens (primary N) is 1. The van der Waals surface area contributed by atoms with E-state index in [-0.39, 0.29) is 11.0 Å². The normalized spacial score (nSPS) is 25.9. The maximum Gasteiger partial charge on any atom is 0.155 e. The molecule has 3 N–H and O–H groups in total. The number of imidazole rings is 1. The number of H-pyrrole nitrogens is 1. The molecular weight excluding hydrogens is 362 g/mol. The molecule has 4 aromatic heterocycles. The number of hydrogen-bond donors (Lipinski definition) is 2. The Hall–Kier alpha value is -3.06. The van der Waals surface area contributed by atoms with Crippen LogP contribution in [0, 0.1) is 6.92 Å². The molecule has 7 nitrogen and oxygen atoms in total. The zero-order valence-electron chi connectivity index (χ0n) is 16.4. The van der Waals surface area contributed by atoms with E-state index in [0.717, 1.165) is 71.9 Å². The van der Waals surface area contributed by atoms with Gasteiger partial charge < -0.3 is 10.7 Å². The minimum atomic E-state index is -0.0195. The molecule has 2 aliphatic carbocycles. The summed E-state index contributed by atoms with van der Waals surface area (Å²) in [6, 6.07) is 10.1. The number of aromatic nitrogens is 6. The fourth-order valence-corrected chi connectivity index (χ4v) is 5.23. The molecule has 2 saturated carbocycles. The molecule has 0 unspecified atom stereocenters. The van der Waals surface area contributed by atoms with Crippen LogP contribution in [-0.2, 0) is 5.41 Å². The Bertz CT molecular complexity index is 1230. The van der Waals surface area contributed by atoms with Crippen molar-refractivity contribution < 1.29 is 0 Å². The molecule has 2 aliphatic rings. The summed E-state index contributed by atoms with van der Waals surface area (Å²) in [4.78, 5) is 17.8. The lowest BCUT2D eigenvalue weighted by Gasteiger charge is -2.24. The van der Waals surface area contributed by atoms with E-state index in [4.69, 9.17) is 15.7 Å². The Morgan fingerprint density at radius 2 is 1.93 bits per heavy atom. The summed E-state index contributed by atoms with van der Waals surface area (Å²) in [5, 5.41) is 4.29. The summed E-state index contributed by atoms with van der Waals surface area (Å²) in [5.41, 5.74) is 12.2. The zero-order valence-corrected chi connectivity index (χ0v) is 16.4. The highest BCUT2D eigenvalue weighted by Gasteiger charge is 2.54. The van der Waals surface area contributed by atoms with E-state index in [2.05, 4.69) is 21.1 Å². The van der Waals surface area contributed by atoms with Crippen LogP contribution in [0.25, 0.3) is 28.3 Å². The molecule has 4 heterocycles. The van der Waals surface area contributed by atoms with Crippen LogP contribution < -0.4 is 5.73 Å². The molecule has 0 radical (unpaired) electrons. The van der Waals surface area contributed by atoms with Crippen LogP contribution in [0.2, 0.25) is 0 Å². The predicted molar refractivity (Wildman–Crippen MR) is 110 cm³/mol. The van der Waals surface area contributed by atoms with Crippen molar-refractivity contribution in [3.8, 4) is 22.6 Å². The van der Waals surface area contributed by atoms with Gasteiger partial charge in [0.2, 0.25) is 0 Å². The van der Waals surface area contributed by atoms with Gasteiger partial charge in [-0.05, 0) is 63.3 Å². The van der Waals surface area contributed by atoms with Gasteiger partial charge in [-0.3, -0.25) is 4.98 Å². The van der Waals surface area contributed by atoms with Gasteiger partial charge in [0.25, 0.3) is 0 Å². The molecule has 0 atom stereocenters. The highest BCUT2D eigenvalue weighted by molar-refractivity contribution is 5.77. The third-order valence-corrected chi connectivity index (χ3v) is 6.79. The number of aryl methyl sites for hydroxylation is 1. The highest BCUT2D eigenvalue weighted by atomic mass is 15.3. The van der Waals surface area contributed by atoms with Crippen LogP contribution in [0.15, 0.2) is 42.9 Å². The lowest BCUT2D eigenvalue weighted by atomic mass is 9.83. The molecule has 2 fully saturated rings. The summed E-state index contributed by atoms with van der Waals surface area (Å²) >= 11 is 0. The number of hydrogen-bond acceptors (Lipinski definition) is 5. The van der Waals surface area contributed by atoms with Crippen LogP contribution in [0.1, 0.15) is 43.6 Å². The Kier molecular flexibility index (Phi) is 3.33. The summed E-state index contributed by atoms with van der Waals surface area (Å²) < 4.78 is 1.79. The van der Waals surface area contributed by atoms with Crippen LogP contribution in [-0.4, -0.2) is 35.1 Å². The van der Waals surface area contributed by atoms with Crippen molar-refractivity contribution in [3.05, 3.63) is 54.4 Å². The van der Waals surface area contributed by atoms with E-state index in [1.807, 2.05) is 37.4 Å². The molecule has 0 spiro atoms. The van der Waals surface area contributed by atoms with Crippen LogP contribution in [0.4, 0.5) is 0 Å². The molecule has 146 valence electrons. The number of rotatable bonds is 3. The van der Waals surface area contributed by atoms with Crippen molar-refractivity contribution in [1.29, 1.82) is 0 Å². The molecule has 0 amide bonds. The van der Waals surface area contributed by atoms with Crippen LogP contribution >= 0.6 is 0 Å². The Balaban J connectivity index is 1.54. The van der Waals surface area contributed by atoms with Crippen LogP contribution in [0.3, 0.4) is 0 Å². The lowest BCUT2D eigenvalue weighted by molar-refractivity contribution is 0.384. The van der Waals surface area contributed by atoms with E-state index in [9.17, 15) is 0 Å². The first-order valence-electron chi connectivity index (χ1n) is 10.2. The molecule has 7 heteroatoms. The Morgan fingerprint density at radius 1 is 1.07 bits per heavy atom. The van der Waals surface area contributed by atoms with Gasteiger partial charge in [0.1, 0.15) is 17.8 Å². The molecular formula is C22H23N7. The topological polar surface area (TPSA) is 97.8 Å². The van der Waals surface area contributed by atoms with Gasteiger partial charge in [0.15, 0.2) is 5.65 Å². The third-order valence-electron chi connectivity index (χ3n) is 6.79. The second kappa shape index (κ2) is 5.73. The van der Waals surface area contributed by atoms with Crippen LogP contribution in [0.5, 0.6) is 0 Å². The van der Waals surface area contributed by atoms with E-state index in [0.29, 0.717) is 0 Å². The van der Waals surface area contributed by atoms with Crippen molar-refractivity contribution >= 4 is 5.65 Å². The van der Waals surface area contributed by atoms with Gasteiger partial charge in [0.05, 0.1) is 11.4 Å². The summed E-state index contributed by atoms with van der Waals surface area (Å²) in [7, 11) is 0. The molecule has 2 bridgehead atoms. The minimum Gasteiger partial charge on any atom is -0.341 e. The first kappa shape index (κ1) is 16.9. The monoisotopic (exact) mass is 385 g/mol. The Labute approximate surface area is 168 Å². The third kappa shape index (κ3) is 2.54. The minimum absolute atomic E-state index is 0.0195. The fourth-order valence-electron chi connectivity index (χ4n) is 5.23. The number of aromatic amines is 1. The van der Waals surface area contributed by atoms with Crippen molar-refractivity contribution in [2.45, 2.75) is 50.0 Å². The largest absolute Gasteiger partial charge is 0.341 e. The second-order valence-electron chi connectivity index (χ2n) is 8.77. The summed E-state index contributed by atoms with van der Waals surface area (Å²) in [6.07, 6.45) is 8.91. The molecule has 0 saturated heterocycles. The predicted octanol–water partition coefficient (Wildman–Crippen LogP) is 3.40. The summed E-state index contributed by atoms with van der Waals surface area (Å²) in [5.74, 6) is 1.05. The maximum absolute atomic E-state index is 6.59. The van der Waals surface area contributed by atoms with Crippen molar-refractivity contribution in [3.63, 3.8) is 0 Å². The van der Waals surface area contributed by atoms with E-state index in [1.54, 1.807) is 10.8 Å². The van der Waals surface area contributed by atoms with Gasteiger partial charge >= 0.3 is 0 Å². The molecule has 0 aromatic carbocycles. The van der Waals surface area contributed by atoms with Gasteiger partial charge in [-0.25, -0.2) is 14.5 Å². The number of fused-ring (bicyclic) bond motifs is 3. The average Bonchev–Trinajstić information content (AvgIpc) is 3.48. The molecule has 4 aromatic rings. The van der Waals surface area contributed by atoms with Gasteiger partial charge in [-0.15, -0.1) is 0 Å². The standard InChI is InChI=1S/C22H23N7/c1-14-3-2-4-16(26-14)19-18(15-5-6-17-24-13-25-29(17)11-15)27-20(28-19)21-7-9-22(23,12-21)10-8-21/h2-6,11,13H,7-10,12,23H2,1H3,(H,27,28). The van der Waals surface area contributed by atoms with Gasteiger partial charge in [0, 0.05) is 28.4 Å². The van der Waals surface area contributed by atoms with Crippen molar-refractivity contribution in [1.82, 2.24) is 29.5 Å². The second-order valence-corrected chi connectivity index (χ2v) is 8.77. The fraction of sp³-hybridized carbons (Fsp3) is 0.364. The smallest absolute Gasteiger partial charge is 0.155 e. The van der Waals surface area contributed by atoms with Gasteiger partial charge in [-0.1, -0.05) is 6.07 Å². The van der Waals surface area contributed by atoms with E-state index in [1.165, 1.54) is 0 Å². The number of pyridine rings is 2. The molecule has 0 aliphatic heterocycles. The van der Waals surface area contributed by atoms with Gasteiger partial charge in [-0.2, -0.15) is 5.10 Å². The Morgan fingerprint density at radius 3 is 2.69 bits per heavy atom. The molecule has 29 heavy (non-hydrogen) atoms.